The number of amides is 1. The van der Waals surface area contributed by atoms with Crippen molar-refractivity contribution in [2.45, 2.75) is 0 Å². The molecule has 2 heterocycles. The molecule has 0 atom stereocenters. The summed E-state index contributed by atoms with van der Waals surface area (Å²) in [7, 11) is 0. The Labute approximate surface area is 153 Å². The van der Waals surface area contributed by atoms with Crippen LogP contribution in [0.3, 0.4) is 0 Å². The lowest BCUT2D eigenvalue weighted by Crippen LogP contribution is -2.12. The maximum Gasteiger partial charge on any atom is 0.257 e. The Balaban J connectivity index is 1.69. The third kappa shape index (κ3) is 3.24. The van der Waals surface area contributed by atoms with Gasteiger partial charge in [-0.25, -0.2) is 9.97 Å². The van der Waals surface area contributed by atoms with Gasteiger partial charge in [0, 0.05) is 11.8 Å². The minimum absolute atomic E-state index is 0.238. The van der Waals surface area contributed by atoms with Gasteiger partial charge in [-0.05, 0) is 36.4 Å². The van der Waals surface area contributed by atoms with Gasteiger partial charge in [0.1, 0.15) is 10.2 Å². The van der Waals surface area contributed by atoms with Crippen LogP contribution in [0.1, 0.15) is 10.4 Å². The summed E-state index contributed by atoms with van der Waals surface area (Å²) in [6.07, 6.45) is 1.46. The number of para-hydroxylation sites is 2. The molecule has 4 nitrogen and oxygen atoms in total. The van der Waals surface area contributed by atoms with Crippen LogP contribution < -0.4 is 5.32 Å². The second-order valence-electron chi connectivity index (χ2n) is 5.36. The Morgan fingerprint density at radius 2 is 1.80 bits per heavy atom. The van der Waals surface area contributed by atoms with E-state index in [9.17, 15) is 4.79 Å². The molecular weight excluding hydrogens is 354 g/mol. The van der Waals surface area contributed by atoms with E-state index in [1.54, 1.807) is 23.5 Å². The number of benzene rings is 2. The van der Waals surface area contributed by atoms with Crippen molar-refractivity contribution in [2.24, 2.45) is 0 Å². The maximum atomic E-state index is 12.5. The van der Waals surface area contributed by atoms with E-state index >= 15 is 0 Å². The van der Waals surface area contributed by atoms with Crippen LogP contribution in [0.2, 0.25) is 5.15 Å². The van der Waals surface area contributed by atoms with Crippen molar-refractivity contribution in [1.82, 2.24) is 9.97 Å². The molecule has 1 amide bonds. The van der Waals surface area contributed by atoms with Crippen molar-refractivity contribution in [3.8, 4) is 10.6 Å². The molecule has 0 fully saturated rings. The fraction of sp³-hybridized carbons (Fsp3) is 0. The molecule has 4 rings (SSSR count). The first kappa shape index (κ1) is 15.7. The highest BCUT2D eigenvalue weighted by Gasteiger charge is 2.13. The highest BCUT2D eigenvalue weighted by molar-refractivity contribution is 7.21. The van der Waals surface area contributed by atoms with E-state index < -0.39 is 0 Å². The molecular formula is C19H12ClN3OS. The molecule has 25 heavy (non-hydrogen) atoms. The number of anilines is 1. The monoisotopic (exact) mass is 365 g/mol. The van der Waals surface area contributed by atoms with Crippen LogP contribution in [-0.2, 0) is 0 Å². The summed E-state index contributed by atoms with van der Waals surface area (Å²) >= 11 is 7.37. The molecule has 1 N–H and O–H groups in total. The average Bonchev–Trinajstić information content (AvgIpc) is 3.06. The lowest BCUT2D eigenvalue weighted by Gasteiger charge is -2.09. The van der Waals surface area contributed by atoms with Gasteiger partial charge in [0.05, 0.1) is 21.5 Å². The van der Waals surface area contributed by atoms with Crippen molar-refractivity contribution in [3.63, 3.8) is 0 Å². The quantitative estimate of drug-likeness (QED) is 0.503. The number of halogens is 1. The summed E-state index contributed by atoms with van der Waals surface area (Å²) in [5, 5.41) is 4.15. The van der Waals surface area contributed by atoms with Gasteiger partial charge >= 0.3 is 0 Å². The molecule has 2 aromatic heterocycles. The van der Waals surface area contributed by atoms with E-state index in [0.29, 0.717) is 16.4 Å². The number of carbonyl (C=O) groups excluding carboxylic acids is 1. The number of carbonyl (C=O) groups is 1. The maximum absolute atomic E-state index is 12.5. The Kier molecular flexibility index (Phi) is 4.17. The van der Waals surface area contributed by atoms with Gasteiger partial charge in [-0.3, -0.25) is 4.79 Å². The van der Waals surface area contributed by atoms with Crippen molar-refractivity contribution in [2.75, 3.05) is 5.32 Å². The first-order valence-corrected chi connectivity index (χ1v) is 8.78. The summed E-state index contributed by atoms with van der Waals surface area (Å²) in [5.41, 5.74) is 2.99. The molecule has 6 heteroatoms. The van der Waals surface area contributed by atoms with Gasteiger partial charge < -0.3 is 5.32 Å². The normalized spacial score (nSPS) is 10.8. The highest BCUT2D eigenvalue weighted by Crippen LogP contribution is 2.34. The van der Waals surface area contributed by atoms with Crippen molar-refractivity contribution >= 4 is 44.7 Å². The second-order valence-corrected chi connectivity index (χ2v) is 6.77. The van der Waals surface area contributed by atoms with Gasteiger partial charge in [0.25, 0.3) is 5.91 Å². The van der Waals surface area contributed by atoms with Gasteiger partial charge in [0.2, 0.25) is 0 Å². The number of thiazole rings is 1. The smallest absolute Gasteiger partial charge is 0.257 e. The lowest BCUT2D eigenvalue weighted by molar-refractivity contribution is 0.102. The number of aromatic nitrogens is 2. The Hall–Kier alpha value is -2.76. The molecule has 0 saturated heterocycles. The third-order valence-electron chi connectivity index (χ3n) is 3.69. The molecule has 4 aromatic rings. The zero-order chi connectivity index (χ0) is 17.2. The van der Waals surface area contributed by atoms with E-state index in [4.69, 9.17) is 11.6 Å². The molecule has 0 bridgehead atoms. The number of nitrogens with zero attached hydrogens (tertiary/aromatic N) is 2. The van der Waals surface area contributed by atoms with Gasteiger partial charge in [-0.2, -0.15) is 0 Å². The van der Waals surface area contributed by atoms with Crippen molar-refractivity contribution in [3.05, 3.63) is 77.6 Å². The first-order chi connectivity index (χ1) is 12.2. The molecule has 0 spiro atoms. The predicted molar refractivity (Wildman–Crippen MR) is 102 cm³/mol. The van der Waals surface area contributed by atoms with E-state index in [2.05, 4.69) is 15.3 Å². The van der Waals surface area contributed by atoms with Gasteiger partial charge in [-0.1, -0.05) is 35.9 Å². The minimum Gasteiger partial charge on any atom is -0.321 e. The molecule has 0 aliphatic carbocycles. The van der Waals surface area contributed by atoms with E-state index in [1.807, 2.05) is 48.5 Å². The van der Waals surface area contributed by atoms with E-state index in [1.165, 1.54) is 6.20 Å². The summed E-state index contributed by atoms with van der Waals surface area (Å²) < 4.78 is 1.11. The summed E-state index contributed by atoms with van der Waals surface area (Å²) in [4.78, 5) is 21.1. The third-order valence-corrected chi connectivity index (χ3v) is 4.98. The van der Waals surface area contributed by atoms with Gasteiger partial charge in [-0.15, -0.1) is 11.3 Å². The van der Waals surface area contributed by atoms with Crippen molar-refractivity contribution in [1.29, 1.82) is 0 Å². The van der Waals surface area contributed by atoms with Crippen LogP contribution in [0.15, 0.2) is 66.9 Å². The fourth-order valence-corrected chi connectivity index (χ4v) is 3.59. The number of nitrogens with one attached hydrogen (secondary N) is 1. The van der Waals surface area contributed by atoms with Crippen LogP contribution in [0.4, 0.5) is 5.69 Å². The van der Waals surface area contributed by atoms with E-state index in [-0.39, 0.29) is 5.91 Å². The SMILES string of the molecule is O=C(Nc1ccccc1-c1nc2ccccc2s1)c1ccc(Cl)nc1. The Bertz CT molecular complexity index is 1030. The number of rotatable bonds is 3. The zero-order valence-electron chi connectivity index (χ0n) is 12.9. The van der Waals surface area contributed by atoms with Crippen LogP contribution in [0, 0.1) is 0 Å². The van der Waals surface area contributed by atoms with Crippen LogP contribution in [0.25, 0.3) is 20.8 Å². The summed E-state index contributed by atoms with van der Waals surface area (Å²) in [6.45, 7) is 0. The first-order valence-electron chi connectivity index (χ1n) is 7.58. The molecule has 0 saturated carbocycles. The molecule has 122 valence electrons. The van der Waals surface area contributed by atoms with E-state index in [0.717, 1.165) is 20.8 Å². The standard InChI is InChI=1S/C19H12ClN3OS/c20-17-10-9-12(11-21-17)18(24)22-14-6-2-1-5-13(14)19-23-15-7-3-4-8-16(15)25-19/h1-11H,(H,22,24). The molecule has 0 unspecified atom stereocenters. The number of hydrogen-bond acceptors (Lipinski definition) is 4. The second kappa shape index (κ2) is 6.63. The fourth-order valence-electron chi connectivity index (χ4n) is 2.47. The van der Waals surface area contributed by atoms with Crippen LogP contribution in [0.5, 0.6) is 0 Å². The van der Waals surface area contributed by atoms with Crippen molar-refractivity contribution < 1.29 is 4.79 Å². The largest absolute Gasteiger partial charge is 0.321 e. The number of pyridine rings is 1. The van der Waals surface area contributed by atoms with Crippen LogP contribution in [-0.4, -0.2) is 15.9 Å². The Morgan fingerprint density at radius 1 is 1.00 bits per heavy atom. The average molecular weight is 366 g/mol. The molecule has 0 radical (unpaired) electrons. The summed E-state index contributed by atoms with van der Waals surface area (Å²) in [5.74, 6) is -0.238. The van der Waals surface area contributed by atoms with Gasteiger partial charge in [0.15, 0.2) is 0 Å². The number of fused-ring (bicyclic) bond motifs is 1. The predicted octanol–water partition coefficient (Wildman–Crippen LogP) is 5.26. The lowest BCUT2D eigenvalue weighted by atomic mass is 10.1. The number of hydrogen-bond donors (Lipinski definition) is 1. The highest BCUT2D eigenvalue weighted by atomic mass is 35.5. The Morgan fingerprint density at radius 3 is 2.60 bits per heavy atom. The zero-order valence-corrected chi connectivity index (χ0v) is 14.5. The topological polar surface area (TPSA) is 54.9 Å². The minimum atomic E-state index is -0.238. The molecule has 2 aromatic carbocycles. The molecule has 0 aliphatic heterocycles. The van der Waals surface area contributed by atoms with Crippen LogP contribution >= 0.6 is 22.9 Å². The molecule has 0 aliphatic rings. The summed E-state index contributed by atoms with van der Waals surface area (Å²) in [6, 6.07) is 18.8.